The molecule has 30 heavy (non-hydrogen) atoms. The number of rotatable bonds is 6. The molecule has 0 aliphatic heterocycles. The second kappa shape index (κ2) is 8.57. The van der Waals surface area contributed by atoms with E-state index in [4.69, 9.17) is 5.11 Å². The average Bonchev–Trinajstić information content (AvgIpc) is 3.25. The maximum Gasteiger partial charge on any atom is 0.328 e. The molecule has 5 heteroatoms. The normalized spacial score (nSPS) is 12.3. The molecule has 0 amide bonds. The Bertz CT molecular complexity index is 1240. The summed E-state index contributed by atoms with van der Waals surface area (Å²) in [6, 6.07) is 22.3. The van der Waals surface area contributed by atoms with Crippen LogP contribution in [0.25, 0.3) is 22.9 Å². The third-order valence-electron chi connectivity index (χ3n) is 4.96. The molecule has 2 aromatic carbocycles. The fraction of sp³-hybridized carbons (Fsp3) is 0.0800. The molecule has 0 aliphatic rings. The largest absolute Gasteiger partial charge is 0.478 e. The minimum Gasteiger partial charge on any atom is -0.478 e. The van der Waals surface area contributed by atoms with Gasteiger partial charge in [-0.1, -0.05) is 61.5 Å². The molecule has 5 nitrogen and oxygen atoms in total. The highest BCUT2D eigenvalue weighted by Gasteiger charge is 2.14. The Morgan fingerprint density at radius 2 is 1.70 bits per heavy atom. The molecular formula is C25H21N3O2. The average molecular weight is 395 g/mol. The van der Waals surface area contributed by atoms with Gasteiger partial charge in [-0.2, -0.15) is 5.10 Å². The smallest absolute Gasteiger partial charge is 0.328 e. The molecule has 0 bridgehead atoms. The van der Waals surface area contributed by atoms with Gasteiger partial charge in [0.05, 0.1) is 0 Å². The SMILES string of the molecule is CCC(=C(c1ccc(C=CC(=O)O)cc1)c1ccc2ncnn2c1)c1ccccc1. The highest BCUT2D eigenvalue weighted by atomic mass is 16.4. The van der Waals surface area contributed by atoms with Crippen molar-refractivity contribution < 1.29 is 9.90 Å². The van der Waals surface area contributed by atoms with Gasteiger partial charge in [-0.15, -0.1) is 0 Å². The summed E-state index contributed by atoms with van der Waals surface area (Å²) in [5.41, 5.74) is 7.25. The summed E-state index contributed by atoms with van der Waals surface area (Å²) in [4.78, 5) is 15.0. The monoisotopic (exact) mass is 395 g/mol. The number of hydrogen-bond donors (Lipinski definition) is 1. The number of benzene rings is 2. The van der Waals surface area contributed by atoms with E-state index >= 15 is 0 Å². The number of aliphatic carboxylic acids is 1. The first-order valence-corrected chi connectivity index (χ1v) is 9.75. The van der Waals surface area contributed by atoms with Crippen LogP contribution in [-0.2, 0) is 4.79 Å². The Hall–Kier alpha value is -3.99. The summed E-state index contributed by atoms with van der Waals surface area (Å²) in [5, 5.41) is 13.1. The van der Waals surface area contributed by atoms with Crippen molar-refractivity contribution >= 4 is 28.8 Å². The van der Waals surface area contributed by atoms with Gasteiger partial charge in [-0.3, -0.25) is 0 Å². The first kappa shape index (κ1) is 19.3. The van der Waals surface area contributed by atoms with Crippen molar-refractivity contribution in [2.45, 2.75) is 13.3 Å². The van der Waals surface area contributed by atoms with E-state index in [1.807, 2.05) is 54.7 Å². The van der Waals surface area contributed by atoms with Crippen molar-refractivity contribution in [3.63, 3.8) is 0 Å². The van der Waals surface area contributed by atoms with Gasteiger partial charge >= 0.3 is 5.97 Å². The molecule has 4 rings (SSSR count). The standard InChI is InChI=1S/C25H21N3O2/c1-2-22(19-6-4-3-5-7-19)25(21-13-14-23-26-17-27-28(23)16-21)20-11-8-18(9-12-20)10-15-24(29)30/h3-17H,2H2,1H3,(H,29,30). The highest BCUT2D eigenvalue weighted by molar-refractivity contribution is 5.98. The van der Waals surface area contributed by atoms with Crippen molar-refractivity contribution in [1.29, 1.82) is 0 Å². The van der Waals surface area contributed by atoms with E-state index in [-0.39, 0.29) is 0 Å². The van der Waals surface area contributed by atoms with E-state index < -0.39 is 5.97 Å². The van der Waals surface area contributed by atoms with Gasteiger partial charge in [0, 0.05) is 17.8 Å². The van der Waals surface area contributed by atoms with Crippen LogP contribution in [0.1, 0.15) is 35.6 Å². The lowest BCUT2D eigenvalue weighted by molar-refractivity contribution is -0.131. The second-order valence-corrected chi connectivity index (χ2v) is 6.85. The van der Waals surface area contributed by atoms with Crippen molar-refractivity contribution in [2.24, 2.45) is 0 Å². The van der Waals surface area contributed by atoms with E-state index in [9.17, 15) is 4.79 Å². The van der Waals surface area contributed by atoms with Gasteiger partial charge in [0.1, 0.15) is 6.33 Å². The number of carboxylic acid groups (broad SMARTS) is 1. The summed E-state index contributed by atoms with van der Waals surface area (Å²) < 4.78 is 1.78. The van der Waals surface area contributed by atoms with E-state index in [1.54, 1.807) is 16.9 Å². The van der Waals surface area contributed by atoms with Crippen molar-refractivity contribution in [1.82, 2.24) is 14.6 Å². The Labute approximate surface area is 174 Å². The van der Waals surface area contributed by atoms with E-state index in [0.717, 1.165) is 40.4 Å². The molecule has 2 heterocycles. The van der Waals surface area contributed by atoms with E-state index in [2.05, 4.69) is 35.2 Å². The van der Waals surface area contributed by atoms with Gasteiger partial charge in [-0.25, -0.2) is 14.3 Å². The number of allylic oxidation sites excluding steroid dienone is 1. The first-order valence-electron chi connectivity index (χ1n) is 9.75. The van der Waals surface area contributed by atoms with E-state index in [0.29, 0.717) is 0 Å². The molecule has 0 spiro atoms. The van der Waals surface area contributed by atoms with Crippen molar-refractivity contribution in [2.75, 3.05) is 0 Å². The lowest BCUT2D eigenvalue weighted by Crippen LogP contribution is -1.98. The van der Waals surface area contributed by atoms with Crippen molar-refractivity contribution in [3.8, 4) is 0 Å². The summed E-state index contributed by atoms with van der Waals surface area (Å²) in [7, 11) is 0. The van der Waals surface area contributed by atoms with Gasteiger partial charge in [0.25, 0.3) is 0 Å². The zero-order chi connectivity index (χ0) is 20.9. The van der Waals surface area contributed by atoms with Crippen LogP contribution in [0, 0.1) is 0 Å². The lowest BCUT2D eigenvalue weighted by atomic mass is 9.88. The van der Waals surface area contributed by atoms with Crippen LogP contribution in [0.3, 0.4) is 0 Å². The topological polar surface area (TPSA) is 67.5 Å². The van der Waals surface area contributed by atoms with Gasteiger partial charge in [0.15, 0.2) is 5.65 Å². The summed E-state index contributed by atoms with van der Waals surface area (Å²) in [6.45, 7) is 2.15. The predicted octanol–water partition coefficient (Wildman–Crippen LogP) is 5.20. The fourth-order valence-corrected chi connectivity index (χ4v) is 3.57. The number of nitrogens with zero attached hydrogens (tertiary/aromatic N) is 3. The molecule has 0 atom stereocenters. The van der Waals surface area contributed by atoms with Gasteiger partial charge in [-0.05, 0) is 52.5 Å². The molecule has 0 saturated heterocycles. The first-order chi connectivity index (χ1) is 14.7. The third-order valence-corrected chi connectivity index (χ3v) is 4.96. The molecule has 4 aromatic rings. The third kappa shape index (κ3) is 4.05. The zero-order valence-electron chi connectivity index (χ0n) is 16.6. The Kier molecular flexibility index (Phi) is 5.52. The number of hydrogen-bond acceptors (Lipinski definition) is 3. The zero-order valence-corrected chi connectivity index (χ0v) is 16.6. The number of fused-ring (bicyclic) bond motifs is 1. The minimum atomic E-state index is -0.960. The van der Waals surface area contributed by atoms with Crippen molar-refractivity contribution in [3.05, 3.63) is 108 Å². The molecule has 0 radical (unpaired) electrons. The highest BCUT2D eigenvalue weighted by Crippen LogP contribution is 2.34. The van der Waals surface area contributed by atoms with Gasteiger partial charge in [0.2, 0.25) is 0 Å². The van der Waals surface area contributed by atoms with Crippen LogP contribution in [0.15, 0.2) is 85.3 Å². The Morgan fingerprint density at radius 3 is 2.40 bits per heavy atom. The van der Waals surface area contributed by atoms with Crippen LogP contribution >= 0.6 is 0 Å². The van der Waals surface area contributed by atoms with Gasteiger partial charge < -0.3 is 5.11 Å². The molecule has 148 valence electrons. The Balaban J connectivity index is 1.89. The molecule has 0 fully saturated rings. The van der Waals surface area contributed by atoms with Crippen LogP contribution in [0.2, 0.25) is 0 Å². The molecule has 0 aliphatic carbocycles. The fourth-order valence-electron chi connectivity index (χ4n) is 3.57. The Morgan fingerprint density at radius 1 is 0.967 bits per heavy atom. The predicted molar refractivity (Wildman–Crippen MR) is 119 cm³/mol. The molecular weight excluding hydrogens is 374 g/mol. The maximum absolute atomic E-state index is 10.8. The molecule has 0 saturated carbocycles. The number of aromatic nitrogens is 3. The quantitative estimate of drug-likeness (QED) is 0.360. The summed E-state index contributed by atoms with van der Waals surface area (Å²) in [6.07, 6.45) is 7.13. The minimum absolute atomic E-state index is 0.796. The van der Waals surface area contributed by atoms with Crippen LogP contribution < -0.4 is 0 Å². The lowest BCUT2D eigenvalue weighted by Gasteiger charge is -2.16. The van der Waals surface area contributed by atoms with Crippen LogP contribution in [0.5, 0.6) is 0 Å². The molecule has 1 N–H and O–H groups in total. The number of carbonyl (C=O) groups is 1. The van der Waals surface area contributed by atoms with Crippen LogP contribution in [-0.4, -0.2) is 25.7 Å². The number of pyridine rings is 1. The van der Waals surface area contributed by atoms with Crippen LogP contribution in [0.4, 0.5) is 0 Å². The van der Waals surface area contributed by atoms with E-state index in [1.165, 1.54) is 11.1 Å². The number of carboxylic acids is 1. The maximum atomic E-state index is 10.8. The second-order valence-electron chi connectivity index (χ2n) is 6.85. The molecule has 2 aromatic heterocycles. The molecule has 0 unspecified atom stereocenters. The summed E-state index contributed by atoms with van der Waals surface area (Å²) >= 11 is 0. The summed E-state index contributed by atoms with van der Waals surface area (Å²) in [5.74, 6) is -0.960.